The van der Waals surface area contributed by atoms with Gasteiger partial charge < -0.3 is 15.6 Å². The molecule has 1 aromatic rings. The van der Waals surface area contributed by atoms with Gasteiger partial charge in [-0.3, -0.25) is 0 Å². The Hall–Kier alpha value is -0.770. The molecule has 0 spiro atoms. The first kappa shape index (κ1) is 14.3. The highest BCUT2D eigenvalue weighted by atomic mass is 35.5. The van der Waals surface area contributed by atoms with Crippen LogP contribution < -0.4 is 10.5 Å². The van der Waals surface area contributed by atoms with Crippen molar-refractivity contribution in [2.24, 2.45) is 5.73 Å². The number of benzene rings is 1. The van der Waals surface area contributed by atoms with Gasteiger partial charge in [-0.1, -0.05) is 11.6 Å². The van der Waals surface area contributed by atoms with Crippen LogP contribution in [-0.2, 0) is 0 Å². The standard InChI is InChI=1S/C13H20ClNO2/c1-10(15)12-9-11(14)5-6-13(12)17-8-4-2-3-7-16/h5-6,9-10,16H,2-4,7-8,15H2,1H3/t10-/m0/s1. The van der Waals surface area contributed by atoms with E-state index in [2.05, 4.69) is 0 Å². The van der Waals surface area contributed by atoms with E-state index in [9.17, 15) is 0 Å². The molecule has 1 aromatic carbocycles. The Labute approximate surface area is 108 Å². The highest BCUT2D eigenvalue weighted by Gasteiger charge is 2.08. The number of rotatable bonds is 7. The Kier molecular flexibility index (Phi) is 6.34. The monoisotopic (exact) mass is 257 g/mol. The zero-order valence-electron chi connectivity index (χ0n) is 10.2. The Morgan fingerprint density at radius 2 is 2.12 bits per heavy atom. The Morgan fingerprint density at radius 1 is 1.35 bits per heavy atom. The number of halogens is 1. The van der Waals surface area contributed by atoms with E-state index < -0.39 is 0 Å². The highest BCUT2D eigenvalue weighted by molar-refractivity contribution is 6.30. The van der Waals surface area contributed by atoms with Crippen molar-refractivity contribution < 1.29 is 9.84 Å². The van der Waals surface area contributed by atoms with Gasteiger partial charge in [-0.15, -0.1) is 0 Å². The van der Waals surface area contributed by atoms with Crippen molar-refractivity contribution >= 4 is 11.6 Å². The zero-order chi connectivity index (χ0) is 12.7. The first-order chi connectivity index (χ1) is 8.15. The largest absolute Gasteiger partial charge is 0.493 e. The quantitative estimate of drug-likeness (QED) is 0.739. The van der Waals surface area contributed by atoms with Gasteiger partial charge in [0.1, 0.15) is 5.75 Å². The first-order valence-electron chi connectivity index (χ1n) is 5.94. The fourth-order valence-corrected chi connectivity index (χ4v) is 1.76. The van der Waals surface area contributed by atoms with Crippen LogP contribution in [0.4, 0.5) is 0 Å². The Morgan fingerprint density at radius 3 is 2.76 bits per heavy atom. The minimum Gasteiger partial charge on any atom is -0.493 e. The van der Waals surface area contributed by atoms with Crippen LogP contribution in [0.1, 0.15) is 37.8 Å². The summed E-state index contributed by atoms with van der Waals surface area (Å²) in [6.45, 7) is 2.79. The summed E-state index contributed by atoms with van der Waals surface area (Å²) in [5.74, 6) is 0.799. The van der Waals surface area contributed by atoms with E-state index in [-0.39, 0.29) is 12.6 Å². The molecule has 96 valence electrons. The van der Waals surface area contributed by atoms with Crippen molar-refractivity contribution in [2.45, 2.75) is 32.2 Å². The summed E-state index contributed by atoms with van der Waals surface area (Å²) in [5.41, 5.74) is 6.79. The maximum Gasteiger partial charge on any atom is 0.124 e. The molecule has 1 rings (SSSR count). The fourth-order valence-electron chi connectivity index (χ4n) is 1.58. The minimum atomic E-state index is -0.0962. The maximum absolute atomic E-state index is 8.66. The van der Waals surface area contributed by atoms with Crippen LogP contribution in [0.15, 0.2) is 18.2 Å². The first-order valence-corrected chi connectivity index (χ1v) is 6.31. The Bertz CT molecular complexity index is 342. The van der Waals surface area contributed by atoms with Crippen molar-refractivity contribution in [3.8, 4) is 5.75 Å². The number of aliphatic hydroxyl groups excluding tert-OH is 1. The highest BCUT2D eigenvalue weighted by Crippen LogP contribution is 2.27. The smallest absolute Gasteiger partial charge is 0.124 e. The summed E-state index contributed by atoms with van der Waals surface area (Å²) in [6.07, 6.45) is 2.73. The lowest BCUT2D eigenvalue weighted by molar-refractivity contribution is 0.265. The molecule has 0 radical (unpaired) electrons. The van der Waals surface area contributed by atoms with E-state index in [4.69, 9.17) is 27.2 Å². The summed E-state index contributed by atoms with van der Waals surface area (Å²) >= 11 is 5.92. The molecule has 0 aromatic heterocycles. The second-order valence-corrected chi connectivity index (χ2v) is 4.54. The molecule has 1 atom stereocenters. The van der Waals surface area contributed by atoms with Crippen molar-refractivity contribution in [2.75, 3.05) is 13.2 Å². The maximum atomic E-state index is 8.66. The summed E-state index contributed by atoms with van der Waals surface area (Å²) in [5, 5.41) is 9.33. The second kappa shape index (κ2) is 7.54. The van der Waals surface area contributed by atoms with Crippen LogP contribution >= 0.6 is 11.6 Å². The van der Waals surface area contributed by atoms with Gasteiger partial charge in [-0.2, -0.15) is 0 Å². The number of hydrogen-bond donors (Lipinski definition) is 2. The molecule has 0 bridgehead atoms. The van der Waals surface area contributed by atoms with Gasteiger partial charge in [0.25, 0.3) is 0 Å². The predicted octanol–water partition coefficient (Wildman–Crippen LogP) is 2.90. The third kappa shape index (κ3) is 4.94. The predicted molar refractivity (Wildman–Crippen MR) is 70.5 cm³/mol. The number of unbranched alkanes of at least 4 members (excludes halogenated alkanes) is 2. The van der Waals surface area contributed by atoms with Crippen molar-refractivity contribution in [3.63, 3.8) is 0 Å². The van der Waals surface area contributed by atoms with Gasteiger partial charge in [0.2, 0.25) is 0 Å². The van der Waals surface area contributed by atoms with Crippen LogP contribution in [0.2, 0.25) is 5.02 Å². The molecular formula is C13H20ClNO2. The van der Waals surface area contributed by atoms with Crippen molar-refractivity contribution in [1.82, 2.24) is 0 Å². The van der Waals surface area contributed by atoms with Gasteiger partial charge in [-0.25, -0.2) is 0 Å². The molecule has 0 aliphatic carbocycles. The van der Waals surface area contributed by atoms with E-state index in [1.165, 1.54) is 0 Å². The summed E-state index contributed by atoms with van der Waals surface area (Å²) in [6, 6.07) is 5.40. The summed E-state index contributed by atoms with van der Waals surface area (Å²) < 4.78 is 5.68. The molecular weight excluding hydrogens is 238 g/mol. The van der Waals surface area contributed by atoms with E-state index in [1.54, 1.807) is 6.07 Å². The lowest BCUT2D eigenvalue weighted by Gasteiger charge is -2.14. The average molecular weight is 258 g/mol. The fraction of sp³-hybridized carbons (Fsp3) is 0.538. The number of aliphatic hydroxyl groups is 1. The second-order valence-electron chi connectivity index (χ2n) is 4.10. The van der Waals surface area contributed by atoms with Gasteiger partial charge >= 0.3 is 0 Å². The van der Waals surface area contributed by atoms with E-state index in [0.717, 1.165) is 30.6 Å². The number of nitrogens with two attached hydrogens (primary N) is 1. The topological polar surface area (TPSA) is 55.5 Å². The van der Waals surface area contributed by atoms with Gasteiger partial charge in [0.15, 0.2) is 0 Å². The molecule has 0 heterocycles. The van der Waals surface area contributed by atoms with Gasteiger partial charge in [-0.05, 0) is 44.4 Å². The number of ether oxygens (including phenoxy) is 1. The van der Waals surface area contributed by atoms with Gasteiger partial charge in [0.05, 0.1) is 6.61 Å². The molecule has 0 saturated carbocycles. The normalized spacial score (nSPS) is 12.5. The van der Waals surface area contributed by atoms with Gasteiger partial charge in [0, 0.05) is 23.2 Å². The molecule has 0 aliphatic heterocycles. The third-order valence-corrected chi connectivity index (χ3v) is 2.76. The van der Waals surface area contributed by atoms with Crippen molar-refractivity contribution in [1.29, 1.82) is 0 Å². The number of hydrogen-bond acceptors (Lipinski definition) is 3. The molecule has 3 N–H and O–H groups in total. The molecule has 0 aliphatic rings. The van der Waals surface area contributed by atoms with Crippen LogP contribution in [0.3, 0.4) is 0 Å². The molecule has 0 unspecified atom stereocenters. The Balaban J connectivity index is 2.52. The molecule has 0 saturated heterocycles. The molecule has 17 heavy (non-hydrogen) atoms. The van der Waals surface area contributed by atoms with Crippen molar-refractivity contribution in [3.05, 3.63) is 28.8 Å². The van der Waals surface area contributed by atoms with E-state index in [1.807, 2.05) is 19.1 Å². The molecule has 0 fully saturated rings. The van der Waals surface area contributed by atoms with Crippen LogP contribution in [0, 0.1) is 0 Å². The summed E-state index contributed by atoms with van der Waals surface area (Å²) in [4.78, 5) is 0. The zero-order valence-corrected chi connectivity index (χ0v) is 10.9. The van der Waals surface area contributed by atoms with E-state index in [0.29, 0.717) is 11.6 Å². The lowest BCUT2D eigenvalue weighted by atomic mass is 10.1. The average Bonchev–Trinajstić information content (AvgIpc) is 2.30. The summed E-state index contributed by atoms with van der Waals surface area (Å²) in [7, 11) is 0. The van der Waals surface area contributed by atoms with E-state index >= 15 is 0 Å². The lowest BCUT2D eigenvalue weighted by Crippen LogP contribution is -2.08. The van der Waals surface area contributed by atoms with Crippen LogP contribution in [0.5, 0.6) is 5.75 Å². The SMILES string of the molecule is C[C@H](N)c1cc(Cl)ccc1OCCCCCO. The molecule has 4 heteroatoms. The van der Waals surface area contributed by atoms with Crippen LogP contribution in [-0.4, -0.2) is 18.3 Å². The minimum absolute atomic E-state index is 0.0962. The van der Waals surface area contributed by atoms with Crippen LogP contribution in [0.25, 0.3) is 0 Å². The third-order valence-electron chi connectivity index (χ3n) is 2.52. The molecule has 0 amide bonds. The molecule has 3 nitrogen and oxygen atoms in total.